The van der Waals surface area contributed by atoms with Gasteiger partial charge < -0.3 is 15.5 Å². The van der Waals surface area contributed by atoms with Crippen molar-refractivity contribution in [3.8, 4) is 0 Å². The molecule has 0 atom stereocenters. The standard InChI is InChI=1S/C24H27N7O3/c1-14-18-12-27-24(28-19-8-7-17(11-26-19)30-10-9-25-20(33)13-30)29-22(18)31(16-5-3-4-6-16)23(34)21(14)15(2)32/h7-8,11-12,16H,3-6,9-10,13H2,1-2H3,(H,25,33)(H,26,27,28,29). The van der Waals surface area contributed by atoms with Crippen molar-refractivity contribution in [1.82, 2.24) is 24.8 Å². The Balaban J connectivity index is 1.49. The van der Waals surface area contributed by atoms with Crippen molar-refractivity contribution in [2.24, 2.45) is 0 Å². The number of carbonyl (C=O) groups is 2. The van der Waals surface area contributed by atoms with Crippen molar-refractivity contribution in [2.75, 3.05) is 29.9 Å². The zero-order valence-electron chi connectivity index (χ0n) is 19.3. The van der Waals surface area contributed by atoms with Crippen LogP contribution in [0.3, 0.4) is 0 Å². The minimum absolute atomic E-state index is 0.00505. The fraction of sp³-hybridized carbons (Fsp3) is 0.417. The molecule has 1 aliphatic heterocycles. The fourth-order valence-corrected chi connectivity index (χ4v) is 4.93. The number of fused-ring (bicyclic) bond motifs is 1. The highest BCUT2D eigenvalue weighted by molar-refractivity contribution is 5.99. The van der Waals surface area contributed by atoms with Crippen LogP contribution in [0.15, 0.2) is 29.3 Å². The van der Waals surface area contributed by atoms with Crippen LogP contribution in [0.25, 0.3) is 11.0 Å². The van der Waals surface area contributed by atoms with E-state index < -0.39 is 0 Å². The molecule has 0 unspecified atom stereocenters. The normalized spacial score (nSPS) is 16.6. The summed E-state index contributed by atoms with van der Waals surface area (Å²) in [6.07, 6.45) is 7.25. The molecule has 4 heterocycles. The monoisotopic (exact) mass is 461 g/mol. The van der Waals surface area contributed by atoms with E-state index in [2.05, 4.69) is 25.6 Å². The Hall–Kier alpha value is -3.82. The van der Waals surface area contributed by atoms with E-state index in [0.717, 1.165) is 37.9 Å². The first-order chi connectivity index (χ1) is 16.4. The second-order valence-electron chi connectivity index (χ2n) is 8.90. The third-order valence-corrected chi connectivity index (χ3v) is 6.64. The van der Waals surface area contributed by atoms with Gasteiger partial charge in [-0.2, -0.15) is 4.98 Å². The van der Waals surface area contributed by atoms with Gasteiger partial charge in [0.25, 0.3) is 5.56 Å². The van der Waals surface area contributed by atoms with Gasteiger partial charge in [-0.15, -0.1) is 0 Å². The molecule has 3 aromatic heterocycles. The molecule has 2 aliphatic rings. The van der Waals surface area contributed by atoms with Gasteiger partial charge in [-0.25, -0.2) is 9.97 Å². The van der Waals surface area contributed by atoms with Crippen LogP contribution in [0.5, 0.6) is 0 Å². The molecule has 176 valence electrons. The van der Waals surface area contributed by atoms with Crippen LogP contribution in [-0.2, 0) is 4.79 Å². The maximum absolute atomic E-state index is 13.3. The summed E-state index contributed by atoms with van der Waals surface area (Å²) < 4.78 is 1.69. The molecule has 1 amide bonds. The van der Waals surface area contributed by atoms with E-state index in [9.17, 15) is 14.4 Å². The molecule has 0 radical (unpaired) electrons. The van der Waals surface area contributed by atoms with Crippen molar-refractivity contribution in [3.63, 3.8) is 0 Å². The summed E-state index contributed by atoms with van der Waals surface area (Å²) in [6.45, 7) is 4.85. The van der Waals surface area contributed by atoms with Gasteiger partial charge in [0.15, 0.2) is 5.78 Å². The van der Waals surface area contributed by atoms with Gasteiger partial charge in [-0.3, -0.25) is 19.0 Å². The number of anilines is 3. The molecular weight excluding hydrogens is 434 g/mol. The van der Waals surface area contributed by atoms with E-state index in [1.54, 1.807) is 23.9 Å². The van der Waals surface area contributed by atoms with Crippen LogP contribution in [0.1, 0.15) is 54.6 Å². The van der Waals surface area contributed by atoms with Gasteiger partial charge in [-0.1, -0.05) is 12.8 Å². The number of rotatable bonds is 5. The van der Waals surface area contributed by atoms with E-state index in [1.807, 2.05) is 17.0 Å². The first kappa shape index (κ1) is 22.0. The minimum atomic E-state index is -0.276. The first-order valence-corrected chi connectivity index (χ1v) is 11.6. The molecule has 0 bridgehead atoms. The number of Topliss-reactive ketones (excluding diaryl/α,β-unsaturated/α-hetero) is 1. The molecule has 0 spiro atoms. The Bertz CT molecular complexity index is 1330. The molecule has 1 saturated heterocycles. The Morgan fingerprint density at radius 2 is 1.94 bits per heavy atom. The number of nitrogens with zero attached hydrogens (tertiary/aromatic N) is 5. The summed E-state index contributed by atoms with van der Waals surface area (Å²) in [5, 5.41) is 6.63. The highest BCUT2D eigenvalue weighted by atomic mass is 16.2. The number of aryl methyl sites for hydroxylation is 1. The number of amides is 1. The number of aromatic nitrogens is 4. The molecule has 10 heteroatoms. The van der Waals surface area contributed by atoms with Crippen molar-refractivity contribution in [1.29, 1.82) is 0 Å². The van der Waals surface area contributed by atoms with Crippen molar-refractivity contribution in [3.05, 3.63) is 46.0 Å². The van der Waals surface area contributed by atoms with Gasteiger partial charge in [0.2, 0.25) is 11.9 Å². The van der Waals surface area contributed by atoms with Crippen molar-refractivity contribution >= 4 is 40.2 Å². The molecule has 0 aromatic carbocycles. The third kappa shape index (κ3) is 4.00. The quantitative estimate of drug-likeness (QED) is 0.556. The number of carbonyl (C=O) groups excluding carboxylic acids is 2. The zero-order chi connectivity index (χ0) is 23.8. The Morgan fingerprint density at radius 3 is 2.62 bits per heavy atom. The maximum Gasteiger partial charge on any atom is 0.263 e. The molecule has 2 fully saturated rings. The predicted molar refractivity (Wildman–Crippen MR) is 129 cm³/mol. The lowest BCUT2D eigenvalue weighted by atomic mass is 10.0. The lowest BCUT2D eigenvalue weighted by Crippen LogP contribution is -2.47. The zero-order valence-corrected chi connectivity index (χ0v) is 19.3. The van der Waals surface area contributed by atoms with Gasteiger partial charge in [0.05, 0.1) is 24.0 Å². The SMILES string of the molecule is CC(=O)c1c(C)c2cnc(Nc3ccc(N4CCNC(=O)C4)cn3)nc2n(C2CCCC2)c1=O. The molecule has 2 N–H and O–H groups in total. The lowest BCUT2D eigenvalue weighted by molar-refractivity contribution is -0.120. The summed E-state index contributed by atoms with van der Waals surface area (Å²) in [4.78, 5) is 52.8. The van der Waals surface area contributed by atoms with Crippen LogP contribution in [0, 0.1) is 6.92 Å². The summed E-state index contributed by atoms with van der Waals surface area (Å²) >= 11 is 0. The topological polar surface area (TPSA) is 122 Å². The molecule has 5 rings (SSSR count). The number of hydrogen-bond acceptors (Lipinski definition) is 8. The summed E-state index contributed by atoms with van der Waals surface area (Å²) in [5.41, 5.74) is 1.95. The number of ketones is 1. The minimum Gasteiger partial charge on any atom is -0.359 e. The second kappa shape index (κ2) is 8.85. The van der Waals surface area contributed by atoms with E-state index in [-0.39, 0.29) is 28.9 Å². The van der Waals surface area contributed by atoms with Crippen LogP contribution in [0.4, 0.5) is 17.5 Å². The summed E-state index contributed by atoms with van der Waals surface area (Å²) in [5.74, 6) is 0.631. The molecule has 34 heavy (non-hydrogen) atoms. The van der Waals surface area contributed by atoms with Crippen LogP contribution >= 0.6 is 0 Å². The molecule has 10 nitrogen and oxygen atoms in total. The smallest absolute Gasteiger partial charge is 0.263 e. The lowest BCUT2D eigenvalue weighted by Gasteiger charge is -2.28. The highest BCUT2D eigenvalue weighted by Gasteiger charge is 2.26. The van der Waals surface area contributed by atoms with Crippen LogP contribution in [-0.4, -0.2) is 50.8 Å². The Kier molecular flexibility index (Phi) is 5.72. The van der Waals surface area contributed by atoms with Crippen LogP contribution in [0.2, 0.25) is 0 Å². The van der Waals surface area contributed by atoms with Gasteiger partial charge in [-0.05, 0) is 44.4 Å². The summed E-state index contributed by atoms with van der Waals surface area (Å²) in [7, 11) is 0. The molecular formula is C24H27N7O3. The molecule has 3 aromatic rings. The number of pyridine rings is 2. The molecule has 1 saturated carbocycles. The van der Waals surface area contributed by atoms with Crippen LogP contribution < -0.4 is 21.1 Å². The average Bonchev–Trinajstić information content (AvgIpc) is 3.34. The van der Waals surface area contributed by atoms with Crippen molar-refractivity contribution in [2.45, 2.75) is 45.6 Å². The molecule has 1 aliphatic carbocycles. The number of nitrogens with one attached hydrogen (secondary N) is 2. The number of hydrogen-bond donors (Lipinski definition) is 2. The Labute approximate surface area is 196 Å². The van der Waals surface area contributed by atoms with E-state index >= 15 is 0 Å². The van der Waals surface area contributed by atoms with E-state index in [0.29, 0.717) is 41.5 Å². The van der Waals surface area contributed by atoms with Gasteiger partial charge in [0, 0.05) is 30.7 Å². The average molecular weight is 462 g/mol. The predicted octanol–water partition coefficient (Wildman–Crippen LogP) is 2.49. The highest BCUT2D eigenvalue weighted by Crippen LogP contribution is 2.32. The van der Waals surface area contributed by atoms with Gasteiger partial charge in [0.1, 0.15) is 11.5 Å². The summed E-state index contributed by atoms with van der Waals surface area (Å²) in [6, 6.07) is 3.73. The van der Waals surface area contributed by atoms with Crippen molar-refractivity contribution < 1.29 is 9.59 Å². The fourth-order valence-electron chi connectivity index (χ4n) is 4.93. The second-order valence-corrected chi connectivity index (χ2v) is 8.90. The number of piperazine rings is 1. The maximum atomic E-state index is 13.3. The van der Waals surface area contributed by atoms with Gasteiger partial charge >= 0.3 is 0 Å². The largest absolute Gasteiger partial charge is 0.359 e. The van der Waals surface area contributed by atoms with E-state index in [1.165, 1.54) is 6.92 Å². The first-order valence-electron chi connectivity index (χ1n) is 11.6. The van der Waals surface area contributed by atoms with E-state index in [4.69, 9.17) is 0 Å². The Morgan fingerprint density at radius 1 is 1.15 bits per heavy atom. The third-order valence-electron chi connectivity index (χ3n) is 6.64.